The molecule has 0 saturated carbocycles. The summed E-state index contributed by atoms with van der Waals surface area (Å²) in [5, 5.41) is 3.11. The highest BCUT2D eigenvalue weighted by molar-refractivity contribution is 5.93. The third-order valence-electron chi connectivity index (χ3n) is 5.53. The molecule has 3 rings (SSSR count). The van der Waals surface area contributed by atoms with Crippen LogP contribution in [0.3, 0.4) is 0 Å². The first kappa shape index (κ1) is 22.1. The van der Waals surface area contributed by atoms with Crippen molar-refractivity contribution >= 4 is 23.0 Å². The van der Waals surface area contributed by atoms with Gasteiger partial charge in [0, 0.05) is 49.7 Å². The third-order valence-corrected chi connectivity index (χ3v) is 5.53. The molecule has 162 valence electrons. The maximum atomic E-state index is 13.2. The van der Waals surface area contributed by atoms with Crippen LogP contribution in [0.4, 0.5) is 21.5 Å². The Morgan fingerprint density at radius 2 is 1.47 bits per heavy atom. The number of aryl methyl sites for hydroxylation is 2. The molecule has 1 saturated heterocycles. The van der Waals surface area contributed by atoms with Gasteiger partial charge in [0.2, 0.25) is 5.91 Å². The third kappa shape index (κ3) is 5.74. The maximum absolute atomic E-state index is 13.2. The summed E-state index contributed by atoms with van der Waals surface area (Å²) >= 11 is 0. The summed E-state index contributed by atoms with van der Waals surface area (Å²) < 4.78 is 13.2. The fourth-order valence-electron chi connectivity index (χ4n) is 4.07. The fourth-order valence-corrected chi connectivity index (χ4v) is 4.07. The summed E-state index contributed by atoms with van der Waals surface area (Å²) in [6.07, 6.45) is 1.54. The Kier molecular flexibility index (Phi) is 6.69. The van der Waals surface area contributed by atoms with Crippen LogP contribution in [0.15, 0.2) is 36.4 Å². The predicted octanol–water partition coefficient (Wildman–Crippen LogP) is 5.53. The fraction of sp³-hybridized carbons (Fsp3) is 0.480. The Hall–Kier alpha value is -2.56. The first-order chi connectivity index (χ1) is 14.1. The number of hydrogen-bond donors (Lipinski definition) is 1. The van der Waals surface area contributed by atoms with E-state index < -0.39 is 0 Å². The highest BCUT2D eigenvalue weighted by Crippen LogP contribution is 2.29. The topological polar surface area (TPSA) is 35.6 Å². The molecule has 1 fully saturated rings. The van der Waals surface area contributed by atoms with Crippen molar-refractivity contribution in [3.8, 4) is 0 Å². The summed E-state index contributed by atoms with van der Waals surface area (Å²) in [6, 6.07) is 11.1. The summed E-state index contributed by atoms with van der Waals surface area (Å²) in [7, 11) is 0. The number of carbonyl (C=O) groups is 1. The zero-order valence-electron chi connectivity index (χ0n) is 18.9. The van der Waals surface area contributed by atoms with Crippen molar-refractivity contribution in [3.63, 3.8) is 0 Å². The summed E-state index contributed by atoms with van der Waals surface area (Å²) in [5.41, 5.74) is 5.34. The molecule has 0 radical (unpaired) electrons. The van der Waals surface area contributed by atoms with Crippen LogP contribution in [-0.4, -0.2) is 32.1 Å². The SMILES string of the molecule is Cc1cc(N2CCCN(c3ccc(F)cc3)CC2)cc(C)c1NC(=O)CC(C)(C)C. The Labute approximate surface area is 180 Å². The Balaban J connectivity index is 1.70. The second-order valence-electron chi connectivity index (χ2n) is 9.54. The molecule has 1 amide bonds. The van der Waals surface area contributed by atoms with Crippen molar-refractivity contribution < 1.29 is 9.18 Å². The van der Waals surface area contributed by atoms with Gasteiger partial charge in [-0.3, -0.25) is 4.79 Å². The van der Waals surface area contributed by atoms with Gasteiger partial charge in [0.05, 0.1) is 0 Å². The number of nitrogens with zero attached hydrogens (tertiary/aromatic N) is 2. The van der Waals surface area contributed by atoms with E-state index in [0.29, 0.717) is 6.42 Å². The number of nitrogens with one attached hydrogen (secondary N) is 1. The van der Waals surface area contributed by atoms with Gasteiger partial charge in [-0.25, -0.2) is 4.39 Å². The van der Waals surface area contributed by atoms with Gasteiger partial charge in [-0.2, -0.15) is 0 Å². The average molecular weight is 412 g/mol. The van der Waals surface area contributed by atoms with E-state index >= 15 is 0 Å². The number of hydrogen-bond acceptors (Lipinski definition) is 3. The van der Waals surface area contributed by atoms with Gasteiger partial charge in [0.15, 0.2) is 0 Å². The average Bonchev–Trinajstić information content (AvgIpc) is 2.90. The molecule has 2 aromatic carbocycles. The summed E-state index contributed by atoms with van der Waals surface area (Å²) in [4.78, 5) is 17.1. The van der Waals surface area contributed by atoms with Crippen LogP contribution in [0, 0.1) is 25.1 Å². The van der Waals surface area contributed by atoms with Crippen LogP contribution in [0.2, 0.25) is 0 Å². The van der Waals surface area contributed by atoms with Crippen molar-refractivity contribution in [2.45, 2.75) is 47.5 Å². The number of anilines is 3. The zero-order valence-corrected chi connectivity index (χ0v) is 18.9. The van der Waals surface area contributed by atoms with E-state index in [0.717, 1.165) is 55.1 Å². The molecule has 1 N–H and O–H groups in total. The zero-order chi connectivity index (χ0) is 21.9. The minimum absolute atomic E-state index is 0.0335. The lowest BCUT2D eigenvalue weighted by Crippen LogP contribution is -2.30. The van der Waals surface area contributed by atoms with Gasteiger partial charge < -0.3 is 15.1 Å². The van der Waals surface area contributed by atoms with Gasteiger partial charge in [-0.1, -0.05) is 20.8 Å². The van der Waals surface area contributed by atoms with Crippen molar-refractivity contribution in [2.75, 3.05) is 41.3 Å². The first-order valence-corrected chi connectivity index (χ1v) is 10.8. The number of rotatable bonds is 4. The molecule has 1 heterocycles. The molecule has 1 aliphatic rings. The first-order valence-electron chi connectivity index (χ1n) is 10.8. The molecule has 0 unspecified atom stereocenters. The van der Waals surface area contributed by atoms with E-state index in [1.165, 1.54) is 17.8 Å². The summed E-state index contributed by atoms with van der Waals surface area (Å²) in [6.45, 7) is 14.1. The van der Waals surface area contributed by atoms with Crippen molar-refractivity contribution in [1.82, 2.24) is 0 Å². The normalized spacial score (nSPS) is 15.1. The quantitative estimate of drug-likeness (QED) is 0.718. The second kappa shape index (κ2) is 9.07. The minimum atomic E-state index is -0.198. The molecule has 4 nitrogen and oxygen atoms in total. The van der Waals surface area contributed by atoms with Gasteiger partial charge >= 0.3 is 0 Å². The van der Waals surface area contributed by atoms with Gasteiger partial charge in [-0.05, 0) is 73.2 Å². The largest absolute Gasteiger partial charge is 0.370 e. The van der Waals surface area contributed by atoms with E-state index in [9.17, 15) is 9.18 Å². The Morgan fingerprint density at radius 3 is 2.00 bits per heavy atom. The number of benzene rings is 2. The smallest absolute Gasteiger partial charge is 0.224 e. The highest BCUT2D eigenvalue weighted by atomic mass is 19.1. The summed E-state index contributed by atoms with van der Waals surface area (Å²) in [5.74, 6) is -0.137. The second-order valence-corrected chi connectivity index (χ2v) is 9.54. The molecule has 2 aromatic rings. The number of amides is 1. The molecule has 1 aliphatic heterocycles. The molecular formula is C25H34FN3O. The van der Waals surface area contributed by atoms with Crippen LogP contribution >= 0.6 is 0 Å². The molecule has 0 bridgehead atoms. The number of halogens is 1. The van der Waals surface area contributed by atoms with Crippen LogP contribution in [0.5, 0.6) is 0 Å². The van der Waals surface area contributed by atoms with E-state index in [2.05, 4.69) is 61.9 Å². The number of carbonyl (C=O) groups excluding carboxylic acids is 1. The van der Waals surface area contributed by atoms with Gasteiger partial charge in [0.1, 0.15) is 5.82 Å². The van der Waals surface area contributed by atoms with E-state index in [-0.39, 0.29) is 17.1 Å². The lowest BCUT2D eigenvalue weighted by Gasteiger charge is -2.26. The van der Waals surface area contributed by atoms with Gasteiger partial charge in [0.25, 0.3) is 0 Å². The molecule has 0 spiro atoms. The van der Waals surface area contributed by atoms with E-state index in [1.54, 1.807) is 0 Å². The highest BCUT2D eigenvalue weighted by Gasteiger charge is 2.20. The monoisotopic (exact) mass is 411 g/mol. The Bertz CT molecular complexity index is 863. The molecule has 0 atom stereocenters. The lowest BCUT2D eigenvalue weighted by molar-refractivity contribution is -0.117. The van der Waals surface area contributed by atoms with Crippen LogP contribution in [0.25, 0.3) is 0 Å². The molecule has 0 aromatic heterocycles. The maximum Gasteiger partial charge on any atom is 0.224 e. The molecule has 0 aliphatic carbocycles. The minimum Gasteiger partial charge on any atom is -0.370 e. The van der Waals surface area contributed by atoms with Gasteiger partial charge in [-0.15, -0.1) is 0 Å². The van der Waals surface area contributed by atoms with Crippen molar-refractivity contribution in [2.24, 2.45) is 5.41 Å². The van der Waals surface area contributed by atoms with Crippen molar-refractivity contribution in [1.29, 1.82) is 0 Å². The molecule has 5 heteroatoms. The molecule has 30 heavy (non-hydrogen) atoms. The Morgan fingerprint density at radius 1 is 0.933 bits per heavy atom. The van der Waals surface area contributed by atoms with E-state index in [4.69, 9.17) is 0 Å². The lowest BCUT2D eigenvalue weighted by atomic mass is 9.92. The van der Waals surface area contributed by atoms with Crippen molar-refractivity contribution in [3.05, 3.63) is 53.3 Å². The molecular weight excluding hydrogens is 377 g/mol. The van der Waals surface area contributed by atoms with Crippen LogP contribution in [0.1, 0.15) is 44.7 Å². The van der Waals surface area contributed by atoms with E-state index in [1.807, 2.05) is 12.1 Å². The standard InChI is InChI=1S/C25H34FN3O/c1-18-15-22(16-19(2)24(18)27-23(30)17-25(3,4)5)29-12-6-11-28(13-14-29)21-9-7-20(26)8-10-21/h7-10,15-16H,6,11-14,17H2,1-5H3,(H,27,30). The predicted molar refractivity (Wildman–Crippen MR) is 124 cm³/mol. The van der Waals surface area contributed by atoms with Crippen LogP contribution in [-0.2, 0) is 4.79 Å². The van der Waals surface area contributed by atoms with Crippen LogP contribution < -0.4 is 15.1 Å².